The second kappa shape index (κ2) is 10.3. The van der Waals surface area contributed by atoms with Crippen LogP contribution in [0.5, 0.6) is 5.75 Å². The van der Waals surface area contributed by atoms with Gasteiger partial charge in [-0.25, -0.2) is 4.79 Å². The number of carbonyl (C=O) groups is 1. The summed E-state index contributed by atoms with van der Waals surface area (Å²) in [5, 5.41) is 9.28. The molecule has 168 valence electrons. The van der Waals surface area contributed by atoms with E-state index in [0.717, 1.165) is 16.9 Å². The van der Waals surface area contributed by atoms with Crippen LogP contribution in [0.1, 0.15) is 41.7 Å². The molecular weight excluding hydrogens is 412 g/mol. The van der Waals surface area contributed by atoms with E-state index in [0.29, 0.717) is 19.6 Å². The quantitative estimate of drug-likeness (QED) is 0.460. The van der Waals surface area contributed by atoms with Gasteiger partial charge in [-0.1, -0.05) is 66.7 Å². The van der Waals surface area contributed by atoms with Crippen molar-refractivity contribution < 1.29 is 19.4 Å². The first-order chi connectivity index (χ1) is 16.1. The van der Waals surface area contributed by atoms with Gasteiger partial charge in [0.1, 0.15) is 12.4 Å². The van der Waals surface area contributed by atoms with Crippen LogP contribution in [0.4, 0.5) is 0 Å². The van der Waals surface area contributed by atoms with Crippen LogP contribution in [-0.4, -0.2) is 30.4 Å². The SMILES string of the molecule is CCOC(Cc1ccc(OC/C=C2/c3ccccc3C=C(C)c3ccccc32)cc1)C(=O)O. The van der Waals surface area contributed by atoms with Crippen LogP contribution in [0, 0.1) is 0 Å². The minimum atomic E-state index is -0.947. The third kappa shape index (κ3) is 5.24. The Morgan fingerprint density at radius 3 is 2.30 bits per heavy atom. The number of carboxylic acid groups (broad SMARTS) is 1. The van der Waals surface area contributed by atoms with E-state index in [1.807, 2.05) is 24.3 Å². The molecule has 4 heteroatoms. The van der Waals surface area contributed by atoms with Gasteiger partial charge in [0.2, 0.25) is 0 Å². The molecule has 0 saturated heterocycles. The molecule has 1 N–H and O–H groups in total. The number of fused-ring (bicyclic) bond motifs is 2. The van der Waals surface area contributed by atoms with Crippen LogP contribution >= 0.6 is 0 Å². The fraction of sp³-hybridized carbons (Fsp3) is 0.207. The highest BCUT2D eigenvalue weighted by molar-refractivity contribution is 5.97. The van der Waals surface area contributed by atoms with Gasteiger partial charge in [-0.05, 0) is 71.0 Å². The minimum Gasteiger partial charge on any atom is -0.490 e. The van der Waals surface area contributed by atoms with Crippen LogP contribution in [-0.2, 0) is 16.0 Å². The number of hydrogen-bond donors (Lipinski definition) is 1. The topological polar surface area (TPSA) is 55.8 Å². The van der Waals surface area contributed by atoms with E-state index in [1.54, 1.807) is 6.92 Å². The molecular formula is C29H28O4. The molecule has 1 aliphatic carbocycles. The molecule has 1 unspecified atom stereocenters. The molecule has 0 heterocycles. The lowest BCUT2D eigenvalue weighted by Crippen LogP contribution is -2.26. The Labute approximate surface area is 194 Å². The van der Waals surface area contributed by atoms with Crippen LogP contribution < -0.4 is 4.74 Å². The summed E-state index contributed by atoms with van der Waals surface area (Å²) >= 11 is 0. The maximum Gasteiger partial charge on any atom is 0.333 e. The summed E-state index contributed by atoms with van der Waals surface area (Å²) in [5.41, 5.74) is 8.11. The number of rotatable bonds is 8. The summed E-state index contributed by atoms with van der Waals surface area (Å²) in [5.74, 6) is -0.208. The molecule has 0 bridgehead atoms. The molecule has 33 heavy (non-hydrogen) atoms. The van der Waals surface area contributed by atoms with Gasteiger partial charge < -0.3 is 14.6 Å². The average Bonchev–Trinajstić information content (AvgIpc) is 2.94. The Balaban J connectivity index is 1.52. The number of hydrogen-bond acceptors (Lipinski definition) is 3. The van der Waals surface area contributed by atoms with Crippen LogP contribution in [0.2, 0.25) is 0 Å². The van der Waals surface area contributed by atoms with E-state index < -0.39 is 12.1 Å². The third-order valence-corrected chi connectivity index (χ3v) is 5.79. The molecule has 4 nitrogen and oxygen atoms in total. The van der Waals surface area contributed by atoms with Gasteiger partial charge in [0.05, 0.1) is 0 Å². The van der Waals surface area contributed by atoms with Gasteiger partial charge >= 0.3 is 5.97 Å². The Morgan fingerprint density at radius 1 is 0.939 bits per heavy atom. The zero-order valence-electron chi connectivity index (χ0n) is 19.0. The Hall–Kier alpha value is -3.63. The van der Waals surface area contributed by atoms with Gasteiger partial charge in [0, 0.05) is 13.0 Å². The zero-order valence-corrected chi connectivity index (χ0v) is 19.0. The number of allylic oxidation sites excluding steroid dienone is 1. The molecule has 0 fully saturated rings. The average molecular weight is 441 g/mol. The van der Waals surface area contributed by atoms with Crippen molar-refractivity contribution in [1.29, 1.82) is 0 Å². The summed E-state index contributed by atoms with van der Waals surface area (Å²) < 4.78 is 11.3. The Bertz CT molecular complexity index is 1190. The molecule has 1 atom stereocenters. The molecule has 0 aliphatic heterocycles. The first-order valence-corrected chi connectivity index (χ1v) is 11.2. The van der Waals surface area contributed by atoms with E-state index >= 15 is 0 Å². The minimum absolute atomic E-state index is 0.327. The number of aliphatic carboxylic acids is 1. The maximum atomic E-state index is 11.3. The molecule has 3 aromatic carbocycles. The number of carboxylic acids is 1. The second-order valence-electron chi connectivity index (χ2n) is 8.02. The van der Waals surface area contributed by atoms with E-state index in [2.05, 4.69) is 67.6 Å². The standard InChI is InChI=1S/C29H28O4/c1-3-32-28(29(30)31)19-21-12-14-23(15-13-21)33-17-16-27-25-10-5-4-8-22(25)18-20(2)24-9-6-7-11-26(24)27/h4-16,18,28H,3,17,19H2,1-2H3,(H,30,31)/b27-16-. The smallest absolute Gasteiger partial charge is 0.333 e. The third-order valence-electron chi connectivity index (χ3n) is 5.79. The van der Waals surface area contributed by atoms with Crippen molar-refractivity contribution in [3.05, 3.63) is 107 Å². The molecule has 0 saturated carbocycles. The van der Waals surface area contributed by atoms with Gasteiger partial charge in [0.15, 0.2) is 6.10 Å². The molecule has 3 aromatic rings. The lowest BCUT2D eigenvalue weighted by atomic mass is 9.92. The normalized spacial score (nSPS) is 14.6. The molecule has 1 aliphatic rings. The van der Waals surface area contributed by atoms with Gasteiger partial charge in [0.25, 0.3) is 0 Å². The molecule has 0 amide bonds. The molecule has 0 spiro atoms. The van der Waals surface area contributed by atoms with Crippen molar-refractivity contribution >= 4 is 23.2 Å². The number of ether oxygens (including phenoxy) is 2. The fourth-order valence-corrected chi connectivity index (χ4v) is 4.18. The second-order valence-corrected chi connectivity index (χ2v) is 8.02. The summed E-state index contributed by atoms with van der Waals surface area (Å²) in [6.07, 6.45) is 3.86. The number of benzene rings is 3. The van der Waals surface area contributed by atoms with Gasteiger partial charge in [-0.3, -0.25) is 0 Å². The lowest BCUT2D eigenvalue weighted by molar-refractivity contribution is -0.149. The maximum absolute atomic E-state index is 11.3. The first kappa shape index (κ1) is 22.6. The van der Waals surface area contributed by atoms with Crippen molar-refractivity contribution in [2.45, 2.75) is 26.4 Å². The highest BCUT2D eigenvalue weighted by Crippen LogP contribution is 2.36. The van der Waals surface area contributed by atoms with Crippen molar-refractivity contribution in [2.75, 3.05) is 13.2 Å². The van der Waals surface area contributed by atoms with E-state index in [-0.39, 0.29) is 0 Å². The highest BCUT2D eigenvalue weighted by Gasteiger charge is 2.18. The predicted octanol–water partition coefficient (Wildman–Crippen LogP) is 6.10. The van der Waals surface area contributed by atoms with Crippen molar-refractivity contribution in [3.8, 4) is 5.75 Å². The predicted molar refractivity (Wildman–Crippen MR) is 132 cm³/mol. The first-order valence-electron chi connectivity index (χ1n) is 11.2. The van der Waals surface area contributed by atoms with Crippen molar-refractivity contribution in [3.63, 3.8) is 0 Å². The summed E-state index contributed by atoms with van der Waals surface area (Å²) in [6.45, 7) is 4.74. The van der Waals surface area contributed by atoms with Gasteiger partial charge in [-0.15, -0.1) is 0 Å². The zero-order chi connectivity index (χ0) is 23.2. The van der Waals surface area contributed by atoms with Crippen LogP contribution in [0.25, 0.3) is 17.2 Å². The summed E-state index contributed by atoms with van der Waals surface area (Å²) in [6, 6.07) is 24.4. The van der Waals surface area contributed by atoms with Crippen LogP contribution in [0.15, 0.2) is 78.9 Å². The van der Waals surface area contributed by atoms with Crippen molar-refractivity contribution in [2.24, 2.45) is 0 Å². The monoisotopic (exact) mass is 440 g/mol. The largest absolute Gasteiger partial charge is 0.490 e. The molecule has 0 radical (unpaired) electrons. The van der Waals surface area contributed by atoms with E-state index in [9.17, 15) is 9.90 Å². The fourth-order valence-electron chi connectivity index (χ4n) is 4.18. The summed E-state index contributed by atoms with van der Waals surface area (Å²) in [7, 11) is 0. The summed E-state index contributed by atoms with van der Waals surface area (Å²) in [4.78, 5) is 11.3. The van der Waals surface area contributed by atoms with E-state index in [1.165, 1.54) is 27.8 Å². The Morgan fingerprint density at radius 2 is 1.61 bits per heavy atom. The lowest BCUT2D eigenvalue weighted by Gasteiger charge is -2.14. The van der Waals surface area contributed by atoms with Crippen LogP contribution in [0.3, 0.4) is 0 Å². The van der Waals surface area contributed by atoms with E-state index in [4.69, 9.17) is 9.47 Å². The van der Waals surface area contributed by atoms with Gasteiger partial charge in [-0.2, -0.15) is 0 Å². The molecule has 0 aromatic heterocycles. The highest BCUT2D eigenvalue weighted by atomic mass is 16.5. The van der Waals surface area contributed by atoms with Crippen molar-refractivity contribution in [1.82, 2.24) is 0 Å². The molecule has 4 rings (SSSR count). The Kier molecular flexibility index (Phi) is 7.06.